The van der Waals surface area contributed by atoms with Crippen LogP contribution in [0.4, 0.5) is 0 Å². The van der Waals surface area contributed by atoms with Crippen LogP contribution < -0.4 is 10.6 Å². The zero-order valence-electron chi connectivity index (χ0n) is 10.7. The lowest BCUT2D eigenvalue weighted by Gasteiger charge is -2.31. The largest absolute Gasteiger partial charge is 0.353 e. The van der Waals surface area contributed by atoms with E-state index in [0.29, 0.717) is 17.9 Å². The van der Waals surface area contributed by atoms with Gasteiger partial charge in [0.15, 0.2) is 0 Å². The molecule has 2 N–H and O–H groups in total. The van der Waals surface area contributed by atoms with Gasteiger partial charge in [0.1, 0.15) is 0 Å². The average Bonchev–Trinajstić information content (AvgIpc) is 2.20. The van der Waals surface area contributed by atoms with Crippen LogP contribution in [0, 0.1) is 17.8 Å². The lowest BCUT2D eigenvalue weighted by Crippen LogP contribution is -2.50. The lowest BCUT2D eigenvalue weighted by atomic mass is 9.92. The molecule has 3 unspecified atom stereocenters. The molecule has 0 bridgehead atoms. The fourth-order valence-electron chi connectivity index (χ4n) is 1.85. The molecule has 0 aromatic heterocycles. The van der Waals surface area contributed by atoms with Crippen LogP contribution in [0.15, 0.2) is 0 Å². The molecule has 96 valence electrons. The highest BCUT2D eigenvalue weighted by molar-refractivity contribution is 5.85. The van der Waals surface area contributed by atoms with Crippen molar-refractivity contribution in [3.05, 3.63) is 0 Å². The first kappa shape index (κ1) is 15.7. The van der Waals surface area contributed by atoms with Crippen LogP contribution in [0.25, 0.3) is 0 Å². The van der Waals surface area contributed by atoms with Crippen molar-refractivity contribution in [2.45, 2.75) is 40.2 Å². The smallest absolute Gasteiger partial charge is 0.223 e. The van der Waals surface area contributed by atoms with Crippen molar-refractivity contribution < 1.29 is 4.79 Å². The summed E-state index contributed by atoms with van der Waals surface area (Å²) in [5.41, 5.74) is 0. The number of carbonyl (C=O) groups is 1. The van der Waals surface area contributed by atoms with Gasteiger partial charge in [-0.25, -0.2) is 0 Å². The van der Waals surface area contributed by atoms with Crippen molar-refractivity contribution in [2.75, 3.05) is 13.1 Å². The fourth-order valence-corrected chi connectivity index (χ4v) is 1.85. The molecule has 4 heteroatoms. The Morgan fingerprint density at radius 1 is 1.38 bits per heavy atom. The van der Waals surface area contributed by atoms with Crippen LogP contribution in [0.3, 0.4) is 0 Å². The summed E-state index contributed by atoms with van der Waals surface area (Å²) in [6.07, 6.45) is 1.05. The van der Waals surface area contributed by atoms with Crippen LogP contribution in [0.2, 0.25) is 0 Å². The Kier molecular flexibility index (Phi) is 7.00. The zero-order chi connectivity index (χ0) is 11.4. The second-order valence-corrected chi connectivity index (χ2v) is 5.12. The van der Waals surface area contributed by atoms with Gasteiger partial charge in [-0.2, -0.15) is 0 Å². The number of nitrogens with one attached hydrogen (secondary N) is 2. The van der Waals surface area contributed by atoms with E-state index >= 15 is 0 Å². The van der Waals surface area contributed by atoms with Crippen molar-refractivity contribution in [2.24, 2.45) is 17.8 Å². The molecular weight excluding hydrogens is 224 g/mol. The van der Waals surface area contributed by atoms with Crippen LogP contribution in [0.1, 0.15) is 34.1 Å². The SMILES string of the molecule is CC(C)C(C)C(=O)NC1CCNCC1C.Cl. The molecule has 1 aliphatic rings. The minimum atomic E-state index is 0. The van der Waals surface area contributed by atoms with Gasteiger partial charge in [0.2, 0.25) is 5.91 Å². The summed E-state index contributed by atoms with van der Waals surface area (Å²) in [7, 11) is 0. The maximum Gasteiger partial charge on any atom is 0.223 e. The normalized spacial score (nSPS) is 27.1. The summed E-state index contributed by atoms with van der Waals surface area (Å²) in [6.45, 7) is 10.4. The second kappa shape index (κ2) is 7.13. The van der Waals surface area contributed by atoms with Crippen molar-refractivity contribution in [3.8, 4) is 0 Å². The van der Waals surface area contributed by atoms with Crippen LogP contribution in [-0.2, 0) is 4.79 Å². The Morgan fingerprint density at radius 3 is 2.50 bits per heavy atom. The number of rotatable bonds is 3. The van der Waals surface area contributed by atoms with Gasteiger partial charge in [0, 0.05) is 12.0 Å². The Bertz CT molecular complexity index is 221. The van der Waals surface area contributed by atoms with E-state index < -0.39 is 0 Å². The summed E-state index contributed by atoms with van der Waals surface area (Å²) in [4.78, 5) is 11.9. The van der Waals surface area contributed by atoms with E-state index in [1.54, 1.807) is 0 Å². The van der Waals surface area contributed by atoms with Gasteiger partial charge in [-0.3, -0.25) is 4.79 Å². The first-order chi connectivity index (χ1) is 7.02. The fraction of sp³-hybridized carbons (Fsp3) is 0.917. The Morgan fingerprint density at radius 2 is 2.00 bits per heavy atom. The predicted octanol–water partition coefficient (Wildman–Crippen LogP) is 1.81. The van der Waals surface area contributed by atoms with Crippen LogP contribution in [0.5, 0.6) is 0 Å². The molecule has 1 fully saturated rings. The molecule has 0 aromatic carbocycles. The number of halogens is 1. The monoisotopic (exact) mass is 248 g/mol. The van der Waals surface area contributed by atoms with E-state index in [4.69, 9.17) is 0 Å². The van der Waals surface area contributed by atoms with Gasteiger partial charge in [0.25, 0.3) is 0 Å². The van der Waals surface area contributed by atoms with Crippen molar-refractivity contribution in [3.63, 3.8) is 0 Å². The van der Waals surface area contributed by atoms with Gasteiger partial charge >= 0.3 is 0 Å². The first-order valence-electron chi connectivity index (χ1n) is 6.03. The Labute approximate surface area is 105 Å². The molecule has 0 aliphatic carbocycles. The number of piperidine rings is 1. The van der Waals surface area contributed by atoms with Crippen molar-refractivity contribution >= 4 is 18.3 Å². The first-order valence-corrected chi connectivity index (χ1v) is 6.03. The quantitative estimate of drug-likeness (QED) is 0.800. The van der Waals surface area contributed by atoms with Gasteiger partial charge in [0.05, 0.1) is 0 Å². The van der Waals surface area contributed by atoms with Crippen molar-refractivity contribution in [1.82, 2.24) is 10.6 Å². The Balaban J connectivity index is 0.00000225. The summed E-state index contributed by atoms with van der Waals surface area (Å²) in [5, 5.41) is 6.51. The van der Waals surface area contributed by atoms with E-state index in [1.165, 1.54) is 0 Å². The van der Waals surface area contributed by atoms with Gasteiger partial charge < -0.3 is 10.6 Å². The summed E-state index contributed by atoms with van der Waals surface area (Å²) in [6, 6.07) is 0.361. The maximum atomic E-state index is 11.9. The molecule has 1 amide bonds. The van der Waals surface area contributed by atoms with E-state index in [1.807, 2.05) is 6.92 Å². The third-order valence-electron chi connectivity index (χ3n) is 3.53. The van der Waals surface area contributed by atoms with Crippen LogP contribution in [-0.4, -0.2) is 25.0 Å². The number of carbonyl (C=O) groups excluding carboxylic acids is 1. The zero-order valence-corrected chi connectivity index (χ0v) is 11.6. The summed E-state index contributed by atoms with van der Waals surface area (Å²) >= 11 is 0. The molecular formula is C12H25ClN2O. The summed E-state index contributed by atoms with van der Waals surface area (Å²) < 4.78 is 0. The van der Waals surface area contributed by atoms with E-state index in [2.05, 4.69) is 31.4 Å². The van der Waals surface area contributed by atoms with Gasteiger partial charge in [-0.05, 0) is 31.3 Å². The van der Waals surface area contributed by atoms with Gasteiger partial charge in [-0.1, -0.05) is 27.7 Å². The third-order valence-corrected chi connectivity index (χ3v) is 3.53. The Hall–Kier alpha value is -0.280. The molecule has 0 radical (unpaired) electrons. The molecule has 1 aliphatic heterocycles. The maximum absolute atomic E-state index is 11.9. The molecule has 0 spiro atoms. The molecule has 0 aromatic rings. The third kappa shape index (κ3) is 4.30. The molecule has 3 atom stereocenters. The number of amides is 1. The molecule has 1 rings (SSSR count). The highest BCUT2D eigenvalue weighted by atomic mass is 35.5. The lowest BCUT2D eigenvalue weighted by molar-refractivity contribution is -0.126. The molecule has 1 saturated heterocycles. The van der Waals surface area contributed by atoms with Crippen LogP contribution >= 0.6 is 12.4 Å². The minimum absolute atomic E-state index is 0. The van der Waals surface area contributed by atoms with E-state index in [-0.39, 0.29) is 24.2 Å². The standard InChI is InChI=1S/C12H24N2O.ClH/c1-8(2)10(4)12(15)14-11-5-6-13-7-9(11)3;/h8-11,13H,5-7H2,1-4H3,(H,14,15);1H. The number of hydrogen-bond donors (Lipinski definition) is 2. The van der Waals surface area contributed by atoms with Gasteiger partial charge in [-0.15, -0.1) is 12.4 Å². The predicted molar refractivity (Wildman–Crippen MR) is 69.8 cm³/mol. The number of hydrogen-bond acceptors (Lipinski definition) is 2. The molecule has 16 heavy (non-hydrogen) atoms. The average molecular weight is 249 g/mol. The highest BCUT2D eigenvalue weighted by Gasteiger charge is 2.25. The summed E-state index contributed by atoms with van der Waals surface area (Å²) in [5.74, 6) is 1.29. The molecule has 3 nitrogen and oxygen atoms in total. The minimum Gasteiger partial charge on any atom is -0.353 e. The second-order valence-electron chi connectivity index (χ2n) is 5.12. The van der Waals surface area contributed by atoms with E-state index in [0.717, 1.165) is 19.5 Å². The topological polar surface area (TPSA) is 41.1 Å². The van der Waals surface area contributed by atoms with Crippen molar-refractivity contribution in [1.29, 1.82) is 0 Å². The van der Waals surface area contributed by atoms with E-state index in [9.17, 15) is 4.79 Å². The molecule has 0 saturated carbocycles. The highest BCUT2D eigenvalue weighted by Crippen LogP contribution is 2.14. The molecule has 1 heterocycles.